The topological polar surface area (TPSA) is 84.9 Å². The van der Waals surface area contributed by atoms with Crippen molar-refractivity contribution < 1.29 is 24.2 Å². The number of benzene rings is 1. The minimum Gasteiger partial charge on any atom is -0.491 e. The van der Waals surface area contributed by atoms with Gasteiger partial charge in [-0.15, -0.1) is 0 Å². The van der Waals surface area contributed by atoms with Gasteiger partial charge < -0.3 is 19.9 Å². The number of hydrogen-bond acceptors (Lipinski definition) is 4. The highest BCUT2D eigenvalue weighted by molar-refractivity contribution is 5.82. The molecule has 0 aliphatic rings. The van der Waals surface area contributed by atoms with Crippen LogP contribution < -0.4 is 10.1 Å². The number of carbonyl (C=O) groups is 2. The average molecular weight is 295 g/mol. The van der Waals surface area contributed by atoms with Crippen LogP contribution in [0.3, 0.4) is 0 Å². The molecule has 6 heteroatoms. The van der Waals surface area contributed by atoms with Crippen molar-refractivity contribution in [2.45, 2.75) is 26.3 Å². The maximum atomic E-state index is 11.1. The minimum atomic E-state index is -1.05. The Morgan fingerprint density at radius 1 is 1.24 bits per heavy atom. The Kier molecular flexibility index (Phi) is 7.25. The Balaban J connectivity index is 2.52. The maximum absolute atomic E-state index is 11.1. The summed E-state index contributed by atoms with van der Waals surface area (Å²) in [6.45, 7) is 4.87. The third-order valence-corrected chi connectivity index (χ3v) is 2.74. The Labute approximate surface area is 124 Å². The van der Waals surface area contributed by atoms with Crippen LogP contribution in [0.2, 0.25) is 0 Å². The first-order valence-corrected chi connectivity index (χ1v) is 6.82. The standard InChI is InChI=1S/C15H21NO5/c1-3-20-8-9-21-13-6-4-12(5-7-13)10-14(15(18)19)16-11(2)17/h4-7,14H,3,8-10H2,1-2H3,(H,16,17)(H,18,19). The summed E-state index contributed by atoms with van der Waals surface area (Å²) in [6.07, 6.45) is 0.230. The molecule has 2 N–H and O–H groups in total. The monoisotopic (exact) mass is 295 g/mol. The number of ether oxygens (including phenoxy) is 2. The fourth-order valence-corrected chi connectivity index (χ4v) is 1.77. The second-order valence-corrected chi connectivity index (χ2v) is 4.48. The van der Waals surface area contributed by atoms with Gasteiger partial charge in [0.2, 0.25) is 5.91 Å². The molecule has 0 aliphatic heterocycles. The van der Waals surface area contributed by atoms with E-state index in [0.717, 1.165) is 5.56 Å². The molecule has 0 aliphatic carbocycles. The summed E-state index contributed by atoms with van der Waals surface area (Å²) >= 11 is 0. The molecular weight excluding hydrogens is 274 g/mol. The van der Waals surface area contributed by atoms with E-state index in [0.29, 0.717) is 25.6 Å². The van der Waals surface area contributed by atoms with Gasteiger partial charge in [-0.3, -0.25) is 4.79 Å². The Hall–Kier alpha value is -2.08. The van der Waals surface area contributed by atoms with Crippen LogP contribution in [-0.4, -0.2) is 42.8 Å². The van der Waals surface area contributed by atoms with Gasteiger partial charge in [0.25, 0.3) is 0 Å². The number of nitrogens with one attached hydrogen (secondary N) is 1. The highest BCUT2D eigenvalue weighted by atomic mass is 16.5. The summed E-state index contributed by atoms with van der Waals surface area (Å²) < 4.78 is 10.6. The van der Waals surface area contributed by atoms with Crippen molar-refractivity contribution in [3.63, 3.8) is 0 Å². The van der Waals surface area contributed by atoms with E-state index in [1.807, 2.05) is 6.92 Å². The Morgan fingerprint density at radius 3 is 2.43 bits per heavy atom. The maximum Gasteiger partial charge on any atom is 0.326 e. The van der Waals surface area contributed by atoms with Crippen molar-refractivity contribution in [3.8, 4) is 5.75 Å². The molecule has 1 amide bonds. The lowest BCUT2D eigenvalue weighted by Gasteiger charge is -2.13. The zero-order chi connectivity index (χ0) is 15.7. The lowest BCUT2D eigenvalue weighted by atomic mass is 10.1. The molecule has 0 bridgehead atoms. The quantitative estimate of drug-likeness (QED) is 0.669. The van der Waals surface area contributed by atoms with E-state index in [1.165, 1.54) is 6.92 Å². The highest BCUT2D eigenvalue weighted by Gasteiger charge is 2.18. The van der Waals surface area contributed by atoms with E-state index in [1.54, 1.807) is 24.3 Å². The van der Waals surface area contributed by atoms with Crippen molar-refractivity contribution in [3.05, 3.63) is 29.8 Å². The van der Waals surface area contributed by atoms with Crippen molar-refractivity contribution in [2.24, 2.45) is 0 Å². The van der Waals surface area contributed by atoms with Crippen molar-refractivity contribution in [1.82, 2.24) is 5.32 Å². The van der Waals surface area contributed by atoms with Gasteiger partial charge >= 0.3 is 5.97 Å². The molecule has 0 spiro atoms. The van der Waals surface area contributed by atoms with E-state index < -0.39 is 12.0 Å². The van der Waals surface area contributed by atoms with E-state index in [9.17, 15) is 9.59 Å². The van der Waals surface area contributed by atoms with Crippen molar-refractivity contribution >= 4 is 11.9 Å². The molecule has 1 aromatic rings. The van der Waals surface area contributed by atoms with Gasteiger partial charge in [0.15, 0.2) is 0 Å². The van der Waals surface area contributed by atoms with Crippen LogP contribution in [0.1, 0.15) is 19.4 Å². The summed E-state index contributed by atoms with van der Waals surface area (Å²) in [5.74, 6) is -0.717. The second kappa shape index (κ2) is 8.97. The van der Waals surface area contributed by atoms with Crippen molar-refractivity contribution in [2.75, 3.05) is 19.8 Å². The summed E-state index contributed by atoms with van der Waals surface area (Å²) in [5.41, 5.74) is 0.813. The number of carbonyl (C=O) groups excluding carboxylic acids is 1. The largest absolute Gasteiger partial charge is 0.491 e. The number of carboxylic acid groups (broad SMARTS) is 1. The summed E-state index contributed by atoms with van der Waals surface area (Å²) in [6, 6.07) is 6.19. The summed E-state index contributed by atoms with van der Waals surface area (Å²) in [5, 5.41) is 11.5. The van der Waals surface area contributed by atoms with Crippen LogP contribution in [0.15, 0.2) is 24.3 Å². The molecule has 1 aromatic carbocycles. The molecule has 1 unspecified atom stereocenters. The van der Waals surface area contributed by atoms with E-state index in [2.05, 4.69) is 5.32 Å². The highest BCUT2D eigenvalue weighted by Crippen LogP contribution is 2.13. The van der Waals surface area contributed by atoms with Crippen LogP contribution in [0.5, 0.6) is 5.75 Å². The fraction of sp³-hybridized carbons (Fsp3) is 0.467. The van der Waals surface area contributed by atoms with Gasteiger partial charge in [-0.2, -0.15) is 0 Å². The number of carboxylic acids is 1. The lowest BCUT2D eigenvalue weighted by Crippen LogP contribution is -2.41. The molecule has 0 saturated heterocycles. The van der Waals surface area contributed by atoms with Gasteiger partial charge in [0, 0.05) is 20.0 Å². The number of amides is 1. The van der Waals surface area contributed by atoms with Crippen LogP contribution in [-0.2, 0) is 20.7 Å². The van der Waals surface area contributed by atoms with E-state index in [-0.39, 0.29) is 12.3 Å². The predicted octanol–water partition coefficient (Wildman–Crippen LogP) is 1.23. The molecule has 6 nitrogen and oxygen atoms in total. The van der Waals surface area contributed by atoms with Gasteiger partial charge in [-0.05, 0) is 24.6 Å². The predicted molar refractivity (Wildman–Crippen MR) is 77.4 cm³/mol. The SMILES string of the molecule is CCOCCOc1ccc(CC(NC(C)=O)C(=O)O)cc1. The van der Waals surface area contributed by atoms with Crippen LogP contribution >= 0.6 is 0 Å². The Morgan fingerprint density at radius 2 is 1.90 bits per heavy atom. The normalized spacial score (nSPS) is 11.7. The molecule has 21 heavy (non-hydrogen) atoms. The van der Waals surface area contributed by atoms with Gasteiger partial charge in [0.05, 0.1) is 6.61 Å². The molecule has 0 aromatic heterocycles. The first-order valence-electron chi connectivity index (χ1n) is 6.82. The Bertz CT molecular complexity index is 458. The minimum absolute atomic E-state index is 0.230. The zero-order valence-electron chi connectivity index (χ0n) is 12.3. The third kappa shape index (κ3) is 6.76. The van der Waals surface area contributed by atoms with Crippen molar-refractivity contribution in [1.29, 1.82) is 0 Å². The fourth-order valence-electron chi connectivity index (χ4n) is 1.77. The average Bonchev–Trinajstić information content (AvgIpc) is 2.44. The number of aliphatic carboxylic acids is 1. The first-order chi connectivity index (χ1) is 10.0. The number of hydrogen-bond donors (Lipinski definition) is 2. The summed E-state index contributed by atoms with van der Waals surface area (Å²) in [7, 11) is 0. The van der Waals surface area contributed by atoms with Gasteiger partial charge in [0.1, 0.15) is 18.4 Å². The lowest BCUT2D eigenvalue weighted by molar-refractivity contribution is -0.141. The molecule has 116 valence electrons. The zero-order valence-corrected chi connectivity index (χ0v) is 12.3. The molecule has 0 saturated carbocycles. The molecule has 1 rings (SSSR count). The van der Waals surface area contributed by atoms with E-state index in [4.69, 9.17) is 14.6 Å². The van der Waals surface area contributed by atoms with Gasteiger partial charge in [-0.1, -0.05) is 12.1 Å². The van der Waals surface area contributed by atoms with E-state index >= 15 is 0 Å². The van der Waals surface area contributed by atoms with Crippen LogP contribution in [0.25, 0.3) is 0 Å². The summed E-state index contributed by atoms with van der Waals surface area (Å²) in [4.78, 5) is 22.0. The van der Waals surface area contributed by atoms with Gasteiger partial charge in [-0.25, -0.2) is 4.79 Å². The van der Waals surface area contributed by atoms with Crippen LogP contribution in [0.4, 0.5) is 0 Å². The number of rotatable bonds is 9. The smallest absolute Gasteiger partial charge is 0.326 e. The molecular formula is C15H21NO5. The molecule has 0 heterocycles. The molecule has 0 radical (unpaired) electrons. The molecule has 1 atom stereocenters. The second-order valence-electron chi connectivity index (χ2n) is 4.48. The third-order valence-electron chi connectivity index (χ3n) is 2.74. The molecule has 0 fully saturated rings. The first kappa shape index (κ1) is 17.0. The van der Waals surface area contributed by atoms with Crippen LogP contribution in [0, 0.1) is 0 Å².